The summed E-state index contributed by atoms with van der Waals surface area (Å²) >= 11 is 0. The number of Topliss-reactive ketones (excluding diaryl/α,β-unsaturated/α-hetero) is 1. The van der Waals surface area contributed by atoms with Crippen LogP contribution in [0.3, 0.4) is 0 Å². The van der Waals surface area contributed by atoms with E-state index >= 15 is 0 Å². The lowest BCUT2D eigenvalue weighted by Crippen LogP contribution is -2.44. The number of carbonyl (C=O) groups is 2. The molecule has 1 saturated heterocycles. The van der Waals surface area contributed by atoms with E-state index in [2.05, 4.69) is 5.32 Å². The van der Waals surface area contributed by atoms with E-state index in [-0.39, 0.29) is 35.7 Å². The van der Waals surface area contributed by atoms with Crippen molar-refractivity contribution < 1.29 is 19.2 Å². The van der Waals surface area contributed by atoms with Crippen molar-refractivity contribution >= 4 is 17.6 Å². The summed E-state index contributed by atoms with van der Waals surface area (Å²) in [4.78, 5) is 36.3. The summed E-state index contributed by atoms with van der Waals surface area (Å²) in [5, 5.41) is 13.8. The van der Waals surface area contributed by atoms with E-state index in [1.54, 1.807) is 0 Å². The van der Waals surface area contributed by atoms with Gasteiger partial charge in [0.05, 0.1) is 17.5 Å². The van der Waals surface area contributed by atoms with Crippen LogP contribution < -0.4 is 10.1 Å². The molecule has 0 spiro atoms. The van der Waals surface area contributed by atoms with Crippen LogP contribution in [0, 0.1) is 16.0 Å². The van der Waals surface area contributed by atoms with Crippen molar-refractivity contribution in [3.63, 3.8) is 0 Å². The number of hydrogen-bond acceptors (Lipinski definition) is 6. The standard InChI is InChI=1S/C17H23N3O5/c1-12(2)10-19(11-16(21)15-4-3-9-18-15)17(22)25-14-7-5-13(6-8-14)20(23)24/h5-8,12,15,18H,3-4,9-11H2,1-2H3/t15-/m0/s1. The molecule has 1 atom stereocenters. The fourth-order valence-electron chi connectivity index (χ4n) is 2.70. The van der Waals surface area contributed by atoms with Gasteiger partial charge in [-0.2, -0.15) is 0 Å². The molecule has 0 saturated carbocycles. The molecule has 0 unspecified atom stereocenters. The zero-order valence-corrected chi connectivity index (χ0v) is 14.4. The smallest absolute Gasteiger partial charge is 0.410 e. The molecule has 0 radical (unpaired) electrons. The minimum Gasteiger partial charge on any atom is -0.410 e. The number of hydrogen-bond donors (Lipinski definition) is 1. The van der Waals surface area contributed by atoms with Crippen molar-refractivity contribution in [2.24, 2.45) is 5.92 Å². The monoisotopic (exact) mass is 349 g/mol. The Morgan fingerprint density at radius 3 is 2.56 bits per heavy atom. The van der Waals surface area contributed by atoms with Gasteiger partial charge in [-0.05, 0) is 37.4 Å². The topological polar surface area (TPSA) is 102 Å². The third-order valence-electron chi connectivity index (χ3n) is 3.89. The van der Waals surface area contributed by atoms with Gasteiger partial charge in [-0.25, -0.2) is 4.79 Å². The summed E-state index contributed by atoms with van der Waals surface area (Å²) in [6, 6.07) is 5.06. The van der Waals surface area contributed by atoms with Gasteiger partial charge in [-0.3, -0.25) is 14.9 Å². The normalized spacial score (nSPS) is 16.7. The molecular formula is C17H23N3O5. The first-order valence-electron chi connectivity index (χ1n) is 8.34. The molecule has 1 aliphatic rings. The number of nitrogens with zero attached hydrogens (tertiary/aromatic N) is 2. The van der Waals surface area contributed by atoms with Crippen LogP contribution in [0.5, 0.6) is 5.75 Å². The minimum absolute atomic E-state index is 0.0122. The minimum atomic E-state index is -0.631. The lowest BCUT2D eigenvalue weighted by molar-refractivity contribution is -0.384. The van der Waals surface area contributed by atoms with E-state index in [1.165, 1.54) is 29.2 Å². The van der Waals surface area contributed by atoms with Crippen LogP contribution in [0.4, 0.5) is 10.5 Å². The molecule has 0 aliphatic carbocycles. The largest absolute Gasteiger partial charge is 0.415 e. The molecule has 1 amide bonds. The van der Waals surface area contributed by atoms with Gasteiger partial charge in [0, 0.05) is 18.7 Å². The van der Waals surface area contributed by atoms with Crippen LogP contribution in [-0.2, 0) is 4.79 Å². The fraction of sp³-hybridized carbons (Fsp3) is 0.529. The maximum absolute atomic E-state index is 12.4. The number of benzene rings is 1. The number of nitro groups is 1. The lowest BCUT2D eigenvalue weighted by atomic mass is 10.1. The van der Waals surface area contributed by atoms with Gasteiger partial charge in [0.15, 0.2) is 5.78 Å². The molecule has 1 fully saturated rings. The van der Waals surface area contributed by atoms with E-state index < -0.39 is 11.0 Å². The van der Waals surface area contributed by atoms with Crippen molar-refractivity contribution in [1.29, 1.82) is 0 Å². The Morgan fingerprint density at radius 2 is 2.04 bits per heavy atom. The highest BCUT2D eigenvalue weighted by atomic mass is 16.6. The maximum atomic E-state index is 12.4. The van der Waals surface area contributed by atoms with Gasteiger partial charge in [0.25, 0.3) is 5.69 Å². The Kier molecular flexibility index (Phi) is 6.46. The van der Waals surface area contributed by atoms with Crippen LogP contribution in [0.2, 0.25) is 0 Å². The molecule has 1 heterocycles. The molecule has 0 bridgehead atoms. The Morgan fingerprint density at radius 1 is 1.36 bits per heavy atom. The van der Waals surface area contributed by atoms with Crippen molar-refractivity contribution in [1.82, 2.24) is 10.2 Å². The number of ketones is 1. The highest BCUT2D eigenvalue weighted by Gasteiger charge is 2.27. The van der Waals surface area contributed by atoms with Crippen molar-refractivity contribution in [3.05, 3.63) is 34.4 Å². The zero-order valence-electron chi connectivity index (χ0n) is 14.4. The van der Waals surface area contributed by atoms with Crippen molar-refractivity contribution in [2.45, 2.75) is 32.7 Å². The number of ether oxygens (including phenoxy) is 1. The molecule has 0 aromatic heterocycles. The predicted molar refractivity (Wildman–Crippen MR) is 91.6 cm³/mol. The van der Waals surface area contributed by atoms with Crippen LogP contribution >= 0.6 is 0 Å². The quantitative estimate of drug-likeness (QED) is 0.599. The van der Waals surface area contributed by atoms with E-state index in [4.69, 9.17) is 4.74 Å². The summed E-state index contributed by atoms with van der Waals surface area (Å²) in [6.07, 6.45) is 1.11. The molecule has 2 rings (SSSR count). The number of amides is 1. The van der Waals surface area contributed by atoms with E-state index in [1.807, 2.05) is 13.8 Å². The SMILES string of the molecule is CC(C)CN(CC(=O)[C@@H]1CCCN1)C(=O)Oc1ccc([N+](=O)[O-])cc1. The molecule has 1 aromatic rings. The van der Waals surface area contributed by atoms with Gasteiger partial charge in [0.2, 0.25) is 0 Å². The zero-order chi connectivity index (χ0) is 18.4. The highest BCUT2D eigenvalue weighted by Crippen LogP contribution is 2.18. The number of carbonyl (C=O) groups excluding carboxylic acids is 2. The molecule has 1 aliphatic heterocycles. The molecule has 8 heteroatoms. The second-order valence-corrected chi connectivity index (χ2v) is 6.51. The van der Waals surface area contributed by atoms with Crippen molar-refractivity contribution in [2.75, 3.05) is 19.6 Å². The van der Waals surface area contributed by atoms with E-state index in [9.17, 15) is 19.7 Å². The fourth-order valence-corrected chi connectivity index (χ4v) is 2.70. The maximum Gasteiger partial charge on any atom is 0.415 e. The second kappa shape index (κ2) is 8.57. The summed E-state index contributed by atoms with van der Waals surface area (Å²) in [6.45, 7) is 5.09. The van der Waals surface area contributed by atoms with Gasteiger partial charge < -0.3 is 15.0 Å². The number of non-ortho nitro benzene ring substituents is 1. The van der Waals surface area contributed by atoms with Crippen LogP contribution in [-0.4, -0.2) is 47.4 Å². The van der Waals surface area contributed by atoms with Crippen LogP contribution in [0.1, 0.15) is 26.7 Å². The van der Waals surface area contributed by atoms with Gasteiger partial charge in [0.1, 0.15) is 5.75 Å². The molecule has 1 N–H and O–H groups in total. The van der Waals surface area contributed by atoms with Gasteiger partial charge >= 0.3 is 6.09 Å². The average Bonchev–Trinajstić information content (AvgIpc) is 3.08. The van der Waals surface area contributed by atoms with Crippen LogP contribution in [0.25, 0.3) is 0 Å². The van der Waals surface area contributed by atoms with E-state index in [0.29, 0.717) is 6.54 Å². The Hall–Kier alpha value is -2.48. The summed E-state index contributed by atoms with van der Waals surface area (Å²) < 4.78 is 5.27. The van der Waals surface area contributed by atoms with Crippen LogP contribution in [0.15, 0.2) is 24.3 Å². The Bertz CT molecular complexity index is 624. The molecule has 25 heavy (non-hydrogen) atoms. The first-order valence-corrected chi connectivity index (χ1v) is 8.34. The summed E-state index contributed by atoms with van der Waals surface area (Å²) in [7, 11) is 0. The number of nitro benzene ring substituents is 1. The van der Waals surface area contributed by atoms with E-state index in [0.717, 1.165) is 19.4 Å². The first-order chi connectivity index (χ1) is 11.9. The molecule has 1 aromatic carbocycles. The van der Waals surface area contributed by atoms with Crippen molar-refractivity contribution in [3.8, 4) is 5.75 Å². The summed E-state index contributed by atoms with van der Waals surface area (Å²) in [5.74, 6) is 0.350. The van der Waals surface area contributed by atoms with Gasteiger partial charge in [-0.1, -0.05) is 13.8 Å². The third-order valence-corrected chi connectivity index (χ3v) is 3.89. The number of nitrogens with one attached hydrogen (secondary N) is 1. The Labute approximate surface area is 146 Å². The summed E-state index contributed by atoms with van der Waals surface area (Å²) in [5.41, 5.74) is -0.0821. The number of rotatable bonds is 7. The first kappa shape index (κ1) is 18.9. The predicted octanol–water partition coefficient (Wildman–Crippen LogP) is 2.37. The highest BCUT2D eigenvalue weighted by molar-refractivity contribution is 5.89. The second-order valence-electron chi connectivity index (χ2n) is 6.51. The molecule has 136 valence electrons. The van der Waals surface area contributed by atoms with Gasteiger partial charge in [-0.15, -0.1) is 0 Å². The molecule has 8 nitrogen and oxygen atoms in total. The molecular weight excluding hydrogens is 326 g/mol. The lowest BCUT2D eigenvalue weighted by Gasteiger charge is -2.24. The third kappa shape index (κ3) is 5.53. The average molecular weight is 349 g/mol. The Balaban J connectivity index is 2.01.